The SMILES string of the molecule is CC(C)COc1ccc(CNC(=O)N(Cc2ccc(F)cc2)C[C@H]2CCCN2C)cc1. The zero-order valence-corrected chi connectivity index (χ0v) is 18.8. The van der Waals surface area contributed by atoms with Crippen molar-refractivity contribution in [2.24, 2.45) is 5.92 Å². The average molecular weight is 428 g/mol. The van der Waals surface area contributed by atoms with Crippen molar-refractivity contribution >= 4 is 6.03 Å². The minimum absolute atomic E-state index is 0.107. The Bertz CT molecular complexity index is 824. The number of rotatable bonds is 9. The monoisotopic (exact) mass is 427 g/mol. The van der Waals surface area contributed by atoms with E-state index in [9.17, 15) is 9.18 Å². The van der Waals surface area contributed by atoms with Gasteiger partial charge in [-0.3, -0.25) is 0 Å². The molecule has 31 heavy (non-hydrogen) atoms. The summed E-state index contributed by atoms with van der Waals surface area (Å²) < 4.78 is 19.0. The number of hydrogen-bond donors (Lipinski definition) is 1. The molecule has 0 aliphatic carbocycles. The molecule has 2 amide bonds. The number of likely N-dealkylation sites (N-methyl/N-ethyl adjacent to an activating group) is 1. The molecule has 3 rings (SSSR count). The van der Waals surface area contributed by atoms with Crippen LogP contribution in [0.15, 0.2) is 48.5 Å². The Kier molecular flexibility index (Phi) is 8.29. The zero-order valence-electron chi connectivity index (χ0n) is 18.8. The van der Waals surface area contributed by atoms with E-state index in [2.05, 4.69) is 31.1 Å². The van der Waals surface area contributed by atoms with E-state index in [4.69, 9.17) is 4.74 Å². The number of nitrogens with zero attached hydrogens (tertiary/aromatic N) is 2. The first kappa shape index (κ1) is 23.1. The Hall–Kier alpha value is -2.60. The molecule has 1 aliphatic heterocycles. The minimum atomic E-state index is -0.268. The molecule has 2 aromatic carbocycles. The molecule has 0 bridgehead atoms. The highest BCUT2D eigenvalue weighted by Gasteiger charge is 2.25. The number of likely N-dealkylation sites (tertiary alicyclic amines) is 1. The second-order valence-corrected chi connectivity index (χ2v) is 8.79. The molecule has 5 nitrogen and oxygen atoms in total. The van der Waals surface area contributed by atoms with Gasteiger partial charge in [-0.2, -0.15) is 0 Å². The topological polar surface area (TPSA) is 44.8 Å². The van der Waals surface area contributed by atoms with Crippen molar-refractivity contribution in [2.45, 2.75) is 45.8 Å². The molecule has 1 fully saturated rings. The summed E-state index contributed by atoms with van der Waals surface area (Å²) in [6.45, 7) is 7.53. The first-order valence-corrected chi connectivity index (χ1v) is 11.1. The predicted molar refractivity (Wildman–Crippen MR) is 121 cm³/mol. The summed E-state index contributed by atoms with van der Waals surface area (Å²) in [5, 5.41) is 3.04. The van der Waals surface area contributed by atoms with Crippen LogP contribution in [0.25, 0.3) is 0 Å². The van der Waals surface area contributed by atoms with Gasteiger partial charge in [0.1, 0.15) is 11.6 Å². The maximum Gasteiger partial charge on any atom is 0.318 e. The largest absolute Gasteiger partial charge is 0.493 e. The van der Waals surface area contributed by atoms with Gasteiger partial charge < -0.3 is 19.9 Å². The molecule has 1 aliphatic rings. The van der Waals surface area contributed by atoms with Gasteiger partial charge in [0.25, 0.3) is 0 Å². The second-order valence-electron chi connectivity index (χ2n) is 8.79. The quantitative estimate of drug-likeness (QED) is 0.633. The molecular weight excluding hydrogens is 393 g/mol. The van der Waals surface area contributed by atoms with E-state index in [1.165, 1.54) is 12.1 Å². The smallest absolute Gasteiger partial charge is 0.318 e. The van der Waals surface area contributed by atoms with Crippen LogP contribution in [0.3, 0.4) is 0 Å². The molecule has 0 aromatic heterocycles. The summed E-state index contributed by atoms with van der Waals surface area (Å²) >= 11 is 0. The Morgan fingerprint density at radius 3 is 2.45 bits per heavy atom. The van der Waals surface area contributed by atoms with E-state index in [0.717, 1.165) is 36.3 Å². The highest BCUT2D eigenvalue weighted by atomic mass is 19.1. The maximum atomic E-state index is 13.3. The van der Waals surface area contributed by atoms with Crippen molar-refractivity contribution in [3.8, 4) is 5.75 Å². The first-order valence-electron chi connectivity index (χ1n) is 11.1. The van der Waals surface area contributed by atoms with Gasteiger partial charge in [-0.15, -0.1) is 0 Å². The highest BCUT2D eigenvalue weighted by Crippen LogP contribution is 2.18. The number of nitrogens with one attached hydrogen (secondary N) is 1. The Balaban J connectivity index is 1.59. The summed E-state index contributed by atoms with van der Waals surface area (Å²) in [6, 6.07) is 14.4. The third-order valence-electron chi connectivity index (χ3n) is 5.63. The maximum absolute atomic E-state index is 13.3. The van der Waals surface area contributed by atoms with Crippen molar-refractivity contribution in [1.82, 2.24) is 15.1 Å². The van der Waals surface area contributed by atoms with Gasteiger partial charge in [0.2, 0.25) is 0 Å². The minimum Gasteiger partial charge on any atom is -0.493 e. The molecule has 0 radical (unpaired) electrons. The van der Waals surface area contributed by atoms with Crippen molar-refractivity contribution < 1.29 is 13.9 Å². The second kappa shape index (κ2) is 11.1. The predicted octanol–water partition coefficient (Wildman–Crippen LogP) is 4.67. The lowest BCUT2D eigenvalue weighted by molar-refractivity contribution is 0.172. The lowest BCUT2D eigenvalue weighted by atomic mass is 10.1. The summed E-state index contributed by atoms with van der Waals surface area (Å²) in [5.41, 5.74) is 1.94. The average Bonchev–Trinajstić information content (AvgIpc) is 3.16. The number of hydrogen-bond acceptors (Lipinski definition) is 3. The summed E-state index contributed by atoms with van der Waals surface area (Å²) in [4.78, 5) is 17.2. The molecule has 1 atom stereocenters. The van der Waals surface area contributed by atoms with Crippen molar-refractivity contribution in [3.63, 3.8) is 0 Å². The molecule has 1 N–H and O–H groups in total. The van der Waals surface area contributed by atoms with Crippen LogP contribution in [0.1, 0.15) is 37.8 Å². The van der Waals surface area contributed by atoms with Crippen molar-refractivity contribution in [1.29, 1.82) is 0 Å². The van der Waals surface area contributed by atoms with E-state index >= 15 is 0 Å². The number of amides is 2. The van der Waals surface area contributed by atoms with E-state index in [1.807, 2.05) is 29.2 Å². The van der Waals surface area contributed by atoms with Crippen LogP contribution < -0.4 is 10.1 Å². The van der Waals surface area contributed by atoms with Gasteiger partial charge >= 0.3 is 6.03 Å². The molecule has 0 unspecified atom stereocenters. The Morgan fingerprint density at radius 2 is 1.84 bits per heavy atom. The van der Waals surface area contributed by atoms with Gasteiger partial charge in [0.05, 0.1) is 6.61 Å². The summed E-state index contributed by atoms with van der Waals surface area (Å²) in [7, 11) is 2.11. The molecule has 0 saturated carbocycles. The standard InChI is InChI=1S/C25H34FN3O2/c1-19(2)18-31-24-12-8-20(9-13-24)15-27-25(30)29(17-23-5-4-14-28(23)3)16-21-6-10-22(26)11-7-21/h6-13,19,23H,4-5,14-18H2,1-3H3,(H,27,30)/t23-/m1/s1. The van der Waals surface area contributed by atoms with E-state index in [0.29, 0.717) is 38.2 Å². The van der Waals surface area contributed by atoms with Crippen LogP contribution in [-0.4, -0.2) is 48.6 Å². The van der Waals surface area contributed by atoms with Gasteiger partial charge in [0.15, 0.2) is 0 Å². The van der Waals surface area contributed by atoms with Crippen molar-refractivity contribution in [2.75, 3.05) is 26.7 Å². The van der Waals surface area contributed by atoms with Crippen LogP contribution in [0, 0.1) is 11.7 Å². The Morgan fingerprint density at radius 1 is 1.16 bits per heavy atom. The number of carbonyl (C=O) groups excluding carboxylic acids is 1. The van der Waals surface area contributed by atoms with Crippen LogP contribution in [-0.2, 0) is 13.1 Å². The number of benzene rings is 2. The molecule has 1 heterocycles. The first-order chi connectivity index (χ1) is 14.9. The molecule has 168 valence electrons. The van der Waals surface area contributed by atoms with E-state index < -0.39 is 0 Å². The normalized spacial score (nSPS) is 16.5. The third-order valence-corrected chi connectivity index (χ3v) is 5.63. The van der Waals surface area contributed by atoms with Gasteiger partial charge in [-0.1, -0.05) is 38.1 Å². The lowest BCUT2D eigenvalue weighted by Gasteiger charge is -2.29. The van der Waals surface area contributed by atoms with Crippen molar-refractivity contribution in [3.05, 3.63) is 65.5 Å². The number of carbonyl (C=O) groups is 1. The van der Waals surface area contributed by atoms with Crippen LogP contribution in [0.5, 0.6) is 5.75 Å². The molecule has 2 aromatic rings. The van der Waals surface area contributed by atoms with Gasteiger partial charge in [0, 0.05) is 25.7 Å². The van der Waals surface area contributed by atoms with Crippen LogP contribution in [0.4, 0.5) is 9.18 Å². The zero-order chi connectivity index (χ0) is 22.2. The lowest BCUT2D eigenvalue weighted by Crippen LogP contribution is -2.45. The molecule has 6 heteroatoms. The number of urea groups is 1. The summed E-state index contributed by atoms with van der Waals surface area (Å²) in [6.07, 6.45) is 2.24. The Labute approximate surface area is 185 Å². The fourth-order valence-corrected chi connectivity index (χ4v) is 3.75. The van der Waals surface area contributed by atoms with E-state index in [-0.39, 0.29) is 11.8 Å². The molecular formula is C25H34FN3O2. The number of ether oxygens (including phenoxy) is 1. The van der Waals surface area contributed by atoms with Gasteiger partial charge in [-0.05, 0) is 67.7 Å². The number of halogens is 1. The highest BCUT2D eigenvalue weighted by molar-refractivity contribution is 5.74. The fraction of sp³-hybridized carbons (Fsp3) is 0.480. The third kappa shape index (κ3) is 7.24. The van der Waals surface area contributed by atoms with Crippen LogP contribution >= 0.6 is 0 Å². The van der Waals surface area contributed by atoms with Gasteiger partial charge in [-0.25, -0.2) is 9.18 Å². The fourth-order valence-electron chi connectivity index (χ4n) is 3.75. The molecule has 1 saturated heterocycles. The van der Waals surface area contributed by atoms with E-state index in [1.54, 1.807) is 12.1 Å². The van der Waals surface area contributed by atoms with Crippen LogP contribution in [0.2, 0.25) is 0 Å². The summed E-state index contributed by atoms with van der Waals surface area (Å²) in [5.74, 6) is 1.05. The molecule has 0 spiro atoms.